The van der Waals surface area contributed by atoms with Crippen LogP contribution in [0.4, 0.5) is 4.79 Å². The average Bonchev–Trinajstić information content (AvgIpc) is 2.82. The van der Waals surface area contributed by atoms with Crippen LogP contribution < -0.4 is 5.32 Å². The van der Waals surface area contributed by atoms with E-state index < -0.39 is 135 Å². The van der Waals surface area contributed by atoms with Crippen molar-refractivity contribution in [2.45, 2.75) is 231 Å². The summed E-state index contributed by atoms with van der Waals surface area (Å²) in [7, 11) is -5.84. The second-order valence-electron chi connectivity index (χ2n) is 25.7. The van der Waals surface area contributed by atoms with Gasteiger partial charge in [0.05, 0.1) is 35.6 Å². The van der Waals surface area contributed by atoms with E-state index in [2.05, 4.69) is 80.8 Å². The molecule has 0 radical (unpaired) electrons. The fraction of sp³-hybridized carbons (Fsp3) is 0.625. The number of carbonyl (C=O) groups is 6. The SMILES string of the molecule is C=CCc1ccccc1[C@H](NC(=O)OC(C)(C)C)[C@@H](O[Si](C(C)C)(C(C)C)C(C)C)C(=O)O[C@H]1C[C@@]2(O)[C@@H](OC(=O)c3ccccc3)[C@@H]3[C@]4(OC(=O)C=C)CO[C@@H]4C[C@H](O[Si](CC)(CC)CC)[C@@]3(C)C(=O)[C@H](OC(C)=O)C(=C1C)C2(C)C. The highest BCUT2D eigenvalue weighted by Gasteiger charge is 2.79. The van der Waals surface area contributed by atoms with Crippen molar-refractivity contribution in [1.29, 1.82) is 0 Å². The van der Waals surface area contributed by atoms with Crippen LogP contribution in [-0.4, -0.2) is 118 Å². The van der Waals surface area contributed by atoms with E-state index in [9.17, 15) is 19.5 Å². The first-order chi connectivity index (χ1) is 38.3. The second kappa shape index (κ2) is 25.1. The number of rotatable bonds is 22. The highest BCUT2D eigenvalue weighted by molar-refractivity contribution is 6.77. The molecule has 82 heavy (non-hydrogen) atoms. The molecule has 1 heterocycles. The maximum absolute atomic E-state index is 16.8. The number of carbonyl (C=O) groups excluding carboxylic acids is 6. The Labute approximate surface area is 489 Å². The second-order valence-corrected chi connectivity index (χ2v) is 35.8. The molecule has 18 heteroatoms. The lowest BCUT2D eigenvalue weighted by molar-refractivity contribution is -0.344. The van der Waals surface area contributed by atoms with E-state index in [1.54, 1.807) is 90.9 Å². The number of aliphatic hydroxyl groups is 1. The summed E-state index contributed by atoms with van der Waals surface area (Å²) < 4.78 is 53.8. The number of benzene rings is 2. The van der Waals surface area contributed by atoms with Gasteiger partial charge in [0.25, 0.3) is 0 Å². The molecular weight excluding hydrogens is 1080 g/mol. The van der Waals surface area contributed by atoms with Crippen molar-refractivity contribution in [3.8, 4) is 0 Å². The smallest absolute Gasteiger partial charge is 0.408 e. The number of ketones is 1. The Bertz CT molecular complexity index is 2720. The molecule has 16 nitrogen and oxygen atoms in total. The van der Waals surface area contributed by atoms with Crippen LogP contribution >= 0.6 is 0 Å². The topological polar surface area (TPSA) is 209 Å². The monoisotopic (exact) mass is 1170 g/mol. The van der Waals surface area contributed by atoms with Crippen molar-refractivity contribution in [2.24, 2.45) is 16.7 Å². The molecule has 2 N–H and O–H groups in total. The highest BCUT2D eigenvalue weighted by atomic mass is 28.4. The predicted octanol–water partition coefficient (Wildman–Crippen LogP) is 12.0. The maximum atomic E-state index is 16.8. The summed E-state index contributed by atoms with van der Waals surface area (Å²) in [6, 6.07) is 16.3. The van der Waals surface area contributed by atoms with E-state index in [0.29, 0.717) is 30.1 Å². The van der Waals surface area contributed by atoms with Gasteiger partial charge < -0.3 is 47.7 Å². The summed E-state index contributed by atoms with van der Waals surface area (Å²) in [5.74, 6) is -5.62. The van der Waals surface area contributed by atoms with Crippen LogP contribution in [0.25, 0.3) is 0 Å². The van der Waals surface area contributed by atoms with E-state index in [4.69, 9.17) is 37.3 Å². The summed E-state index contributed by atoms with van der Waals surface area (Å²) in [6.07, 6.45) is -6.72. The highest BCUT2D eigenvalue weighted by Crippen LogP contribution is 2.65. The average molecular weight is 1170 g/mol. The van der Waals surface area contributed by atoms with Crippen molar-refractivity contribution in [2.75, 3.05) is 6.61 Å². The van der Waals surface area contributed by atoms with Gasteiger partial charge in [-0.25, -0.2) is 19.2 Å². The fourth-order valence-corrected chi connectivity index (χ4v) is 22.9. The maximum Gasteiger partial charge on any atom is 0.408 e. The summed E-state index contributed by atoms with van der Waals surface area (Å²) in [5, 5.41) is 17.7. The van der Waals surface area contributed by atoms with Crippen LogP contribution in [0.2, 0.25) is 34.8 Å². The van der Waals surface area contributed by atoms with E-state index in [1.807, 2.05) is 18.2 Å². The molecule has 2 saturated carbocycles. The summed E-state index contributed by atoms with van der Waals surface area (Å²) in [5.41, 5.74) is -7.10. The number of ether oxygens (including phenoxy) is 6. The molecule has 452 valence electrons. The number of allylic oxidation sites excluding steroid dienone is 1. The minimum absolute atomic E-state index is 0.0495. The lowest BCUT2D eigenvalue weighted by atomic mass is 9.44. The Morgan fingerprint density at radius 2 is 1.45 bits per heavy atom. The van der Waals surface area contributed by atoms with Gasteiger partial charge in [-0.2, -0.15) is 0 Å². The Morgan fingerprint density at radius 3 is 1.96 bits per heavy atom. The van der Waals surface area contributed by atoms with Gasteiger partial charge in [0.1, 0.15) is 29.5 Å². The number of Topliss-reactive ketones (excluding diaryl/α,β-unsaturated/α-hetero) is 1. The molecule has 3 aliphatic carbocycles. The number of hydrogen-bond donors (Lipinski definition) is 2. The van der Waals surface area contributed by atoms with Crippen molar-refractivity contribution in [3.63, 3.8) is 0 Å². The lowest BCUT2D eigenvalue weighted by Gasteiger charge is -2.68. The summed E-state index contributed by atoms with van der Waals surface area (Å²) in [4.78, 5) is 90.0. The standard InChI is InChI=1S/C64H93NO15Si2/c1-20-30-43-31-28-29-34-45(43)51(65-59(71)78-60(14,15)16)53(80-82(38(6)7,39(8)9)40(10)11)58(70)75-46-36-64(72)56(76-57(69)44-32-26-25-27-33-44)54-62(19,55(68)52(74-42(13)66)50(41(46)12)61(64,17)18)47(79-81(22-3,23-4)24-5)35-48-63(54,37-73-48)77-49(67)21-2/h20-21,25-29,31-34,38-40,46-48,51-54,56,72H,1-2,22-24,30,35-37H2,3-19H3,(H,65,71)/t46-,47-,48+,51-,52+,53+,54-,56-,62+,63-,64+/m0/s1. The zero-order valence-corrected chi connectivity index (χ0v) is 53.7. The first-order valence-corrected chi connectivity index (χ1v) is 34.0. The molecule has 1 amide bonds. The van der Waals surface area contributed by atoms with Crippen molar-refractivity contribution in [1.82, 2.24) is 5.32 Å². The Balaban J connectivity index is 1.71. The zero-order valence-electron chi connectivity index (χ0n) is 51.7. The Hall–Kier alpha value is -5.25. The van der Waals surface area contributed by atoms with Gasteiger partial charge in [0.15, 0.2) is 31.9 Å². The minimum atomic E-state index is -3.14. The Morgan fingerprint density at radius 1 is 0.866 bits per heavy atom. The van der Waals surface area contributed by atoms with Crippen LogP contribution in [0, 0.1) is 16.7 Å². The molecule has 6 rings (SSSR count). The molecule has 0 unspecified atom stereocenters. The van der Waals surface area contributed by atoms with Gasteiger partial charge >= 0.3 is 30.0 Å². The molecule has 2 aromatic carbocycles. The van der Waals surface area contributed by atoms with E-state index in [-0.39, 0.29) is 46.4 Å². The molecule has 1 saturated heterocycles. The molecule has 11 atom stereocenters. The molecule has 4 aliphatic rings. The van der Waals surface area contributed by atoms with Gasteiger partial charge in [0, 0.05) is 31.3 Å². The van der Waals surface area contributed by atoms with Crippen LogP contribution in [0.15, 0.2) is 91.1 Å². The Kier molecular flexibility index (Phi) is 20.2. The first kappa shape index (κ1) is 65.9. The molecule has 2 aromatic rings. The van der Waals surface area contributed by atoms with Gasteiger partial charge in [0.2, 0.25) is 8.32 Å². The number of amides is 1. The number of esters is 4. The molecule has 0 aromatic heterocycles. The van der Waals surface area contributed by atoms with E-state index in [1.165, 1.54) is 6.92 Å². The van der Waals surface area contributed by atoms with Crippen molar-refractivity contribution >= 4 is 52.4 Å². The number of fused-ring (bicyclic) bond motifs is 5. The molecule has 0 spiro atoms. The van der Waals surface area contributed by atoms with E-state index in [0.717, 1.165) is 11.6 Å². The van der Waals surface area contributed by atoms with Crippen molar-refractivity contribution < 1.29 is 71.1 Å². The molecule has 2 bridgehead atoms. The van der Waals surface area contributed by atoms with Crippen molar-refractivity contribution in [3.05, 3.63) is 108 Å². The number of alkyl carbamates (subject to hydrolysis) is 1. The third-order valence-electron chi connectivity index (χ3n) is 18.9. The van der Waals surface area contributed by atoms with E-state index >= 15 is 14.4 Å². The fourth-order valence-electron chi connectivity index (χ4n) is 14.4. The van der Waals surface area contributed by atoms with Crippen LogP contribution in [0.3, 0.4) is 0 Å². The van der Waals surface area contributed by atoms with Crippen LogP contribution in [0.5, 0.6) is 0 Å². The largest absolute Gasteiger partial charge is 0.456 e. The van der Waals surface area contributed by atoms with Gasteiger partial charge in [-0.15, -0.1) is 6.58 Å². The number of hydrogen-bond acceptors (Lipinski definition) is 15. The summed E-state index contributed by atoms with van der Waals surface area (Å²) >= 11 is 0. The third-order valence-corrected chi connectivity index (χ3v) is 29.6. The molecule has 1 aliphatic heterocycles. The lowest BCUT2D eigenvalue weighted by Crippen LogP contribution is -2.82. The van der Waals surface area contributed by atoms with Gasteiger partial charge in [-0.3, -0.25) is 9.59 Å². The third kappa shape index (κ3) is 12.0. The normalized spacial score (nSPS) is 27.8. The zero-order chi connectivity index (χ0) is 61.3. The predicted molar refractivity (Wildman–Crippen MR) is 318 cm³/mol. The quantitative estimate of drug-likeness (QED) is 0.0369. The van der Waals surface area contributed by atoms with Gasteiger partial charge in [-0.1, -0.05) is 131 Å². The number of nitrogens with one attached hydrogen (secondary N) is 1. The molecule has 3 fully saturated rings. The molecular formula is C64H93NO15Si2. The van der Waals surface area contributed by atoms with Crippen LogP contribution in [-0.2, 0) is 62.9 Å². The summed E-state index contributed by atoms with van der Waals surface area (Å²) in [6.45, 7) is 39.1. The van der Waals surface area contributed by atoms with Gasteiger partial charge in [-0.05, 0) is 110 Å². The van der Waals surface area contributed by atoms with Crippen LogP contribution in [0.1, 0.15) is 158 Å². The first-order valence-electron chi connectivity index (χ1n) is 29.4. The minimum Gasteiger partial charge on any atom is -0.456 e.